The van der Waals surface area contributed by atoms with Gasteiger partial charge in [0.25, 0.3) is 0 Å². The molecule has 0 amide bonds. The molecule has 20 heavy (non-hydrogen) atoms. The van der Waals surface area contributed by atoms with Crippen LogP contribution in [-0.2, 0) is 14.3 Å². The standard InChI is InChI=1S/C16H24O4/c1-2-3-4-5-6-12(17)15-9-7-11-14(20-15)10-8-13(18)16(11)19/h13,15,18H,2-10H2,1H3/t13-,15-/m0/s1. The zero-order valence-electron chi connectivity index (χ0n) is 12.2. The highest BCUT2D eigenvalue weighted by Gasteiger charge is 2.35. The number of Topliss-reactive ketones (excluding diaryl/α,β-unsaturated/α-hetero) is 2. The van der Waals surface area contributed by atoms with Gasteiger partial charge in [-0.2, -0.15) is 0 Å². The van der Waals surface area contributed by atoms with Crippen LogP contribution >= 0.6 is 0 Å². The molecule has 4 heteroatoms. The van der Waals surface area contributed by atoms with Gasteiger partial charge in [0.15, 0.2) is 17.7 Å². The molecule has 0 aromatic carbocycles. The van der Waals surface area contributed by atoms with Gasteiger partial charge in [-0.15, -0.1) is 0 Å². The number of carbonyl (C=O) groups is 2. The first-order valence-electron chi connectivity index (χ1n) is 7.77. The maximum atomic E-state index is 12.1. The summed E-state index contributed by atoms with van der Waals surface area (Å²) in [6.45, 7) is 2.15. The molecule has 0 fully saturated rings. The fourth-order valence-electron chi connectivity index (χ4n) is 2.90. The summed E-state index contributed by atoms with van der Waals surface area (Å²) >= 11 is 0. The SMILES string of the molecule is CCCCCCC(=O)[C@@H]1CCC2=C(CC[C@H](O)C2=O)O1. The Bertz CT molecular complexity index is 411. The Morgan fingerprint density at radius 3 is 2.80 bits per heavy atom. The van der Waals surface area contributed by atoms with Gasteiger partial charge in [0.2, 0.25) is 0 Å². The number of ketones is 2. The maximum absolute atomic E-state index is 12.1. The van der Waals surface area contributed by atoms with Gasteiger partial charge in [0.1, 0.15) is 11.9 Å². The summed E-state index contributed by atoms with van der Waals surface area (Å²) < 4.78 is 5.73. The lowest BCUT2D eigenvalue weighted by Gasteiger charge is -2.31. The van der Waals surface area contributed by atoms with Crippen molar-refractivity contribution in [1.29, 1.82) is 0 Å². The van der Waals surface area contributed by atoms with E-state index in [4.69, 9.17) is 4.74 Å². The Kier molecular flexibility index (Phi) is 5.35. The highest BCUT2D eigenvalue weighted by atomic mass is 16.5. The van der Waals surface area contributed by atoms with E-state index in [0.29, 0.717) is 43.4 Å². The van der Waals surface area contributed by atoms with Gasteiger partial charge in [-0.05, 0) is 25.7 Å². The molecule has 0 aromatic rings. The Labute approximate surface area is 120 Å². The lowest BCUT2D eigenvalue weighted by Crippen LogP contribution is -2.35. The van der Waals surface area contributed by atoms with Gasteiger partial charge in [-0.3, -0.25) is 9.59 Å². The van der Waals surface area contributed by atoms with Crippen LogP contribution in [0.5, 0.6) is 0 Å². The summed E-state index contributed by atoms with van der Waals surface area (Å²) in [6.07, 6.45) is 5.79. The third-order valence-corrected chi connectivity index (χ3v) is 4.16. The third-order valence-electron chi connectivity index (χ3n) is 4.16. The van der Waals surface area contributed by atoms with Crippen molar-refractivity contribution < 1.29 is 19.4 Å². The number of carbonyl (C=O) groups excluding carboxylic acids is 2. The number of hydrogen-bond donors (Lipinski definition) is 1. The normalized spacial score (nSPS) is 26.2. The molecule has 112 valence electrons. The van der Waals surface area contributed by atoms with Crippen molar-refractivity contribution in [2.24, 2.45) is 0 Å². The largest absolute Gasteiger partial charge is 0.487 e. The number of allylic oxidation sites excluding steroid dienone is 1. The van der Waals surface area contributed by atoms with E-state index >= 15 is 0 Å². The van der Waals surface area contributed by atoms with Gasteiger partial charge in [-0.1, -0.05) is 26.2 Å². The molecule has 0 spiro atoms. The Morgan fingerprint density at radius 2 is 2.05 bits per heavy atom. The summed E-state index contributed by atoms with van der Waals surface area (Å²) in [5.41, 5.74) is 0.610. The zero-order valence-corrected chi connectivity index (χ0v) is 12.2. The highest BCUT2D eigenvalue weighted by Crippen LogP contribution is 2.33. The van der Waals surface area contributed by atoms with Crippen molar-refractivity contribution in [3.8, 4) is 0 Å². The van der Waals surface area contributed by atoms with Crippen molar-refractivity contribution in [3.05, 3.63) is 11.3 Å². The first-order chi connectivity index (χ1) is 9.63. The van der Waals surface area contributed by atoms with Crippen molar-refractivity contribution in [2.45, 2.75) is 76.9 Å². The number of aliphatic hydroxyl groups is 1. The van der Waals surface area contributed by atoms with Crippen LogP contribution in [0, 0.1) is 0 Å². The summed E-state index contributed by atoms with van der Waals surface area (Å²) in [4.78, 5) is 23.9. The molecule has 2 aliphatic rings. The summed E-state index contributed by atoms with van der Waals surface area (Å²) in [5.74, 6) is 0.602. The fourth-order valence-corrected chi connectivity index (χ4v) is 2.90. The number of hydrogen-bond acceptors (Lipinski definition) is 4. The molecule has 1 aliphatic heterocycles. The average molecular weight is 280 g/mol. The van der Waals surface area contributed by atoms with Gasteiger partial charge in [0.05, 0.1) is 0 Å². The van der Waals surface area contributed by atoms with E-state index in [1.165, 1.54) is 6.42 Å². The van der Waals surface area contributed by atoms with Crippen LogP contribution in [0.2, 0.25) is 0 Å². The van der Waals surface area contributed by atoms with Crippen molar-refractivity contribution in [1.82, 2.24) is 0 Å². The zero-order chi connectivity index (χ0) is 14.5. The lowest BCUT2D eigenvalue weighted by molar-refractivity contribution is -0.132. The molecule has 2 atom stereocenters. The molecule has 1 N–H and O–H groups in total. The minimum absolute atomic E-state index is 0.159. The molecule has 0 radical (unpaired) electrons. The van der Waals surface area contributed by atoms with Crippen LogP contribution in [0.15, 0.2) is 11.3 Å². The van der Waals surface area contributed by atoms with Crippen molar-refractivity contribution >= 4 is 11.6 Å². The third kappa shape index (κ3) is 3.48. The molecule has 1 heterocycles. The summed E-state index contributed by atoms with van der Waals surface area (Å²) in [5, 5.41) is 9.55. The lowest BCUT2D eigenvalue weighted by atomic mass is 9.87. The fraction of sp³-hybridized carbons (Fsp3) is 0.750. The van der Waals surface area contributed by atoms with Crippen LogP contribution in [-0.4, -0.2) is 28.9 Å². The molecular weight excluding hydrogens is 256 g/mol. The molecule has 0 bridgehead atoms. The Balaban J connectivity index is 1.87. The van der Waals surface area contributed by atoms with Crippen LogP contribution in [0.4, 0.5) is 0 Å². The van der Waals surface area contributed by atoms with Crippen LogP contribution in [0.3, 0.4) is 0 Å². The van der Waals surface area contributed by atoms with E-state index in [1.807, 2.05) is 0 Å². The number of ether oxygens (including phenoxy) is 1. The van der Waals surface area contributed by atoms with E-state index in [0.717, 1.165) is 19.3 Å². The van der Waals surface area contributed by atoms with Gasteiger partial charge in [-0.25, -0.2) is 0 Å². The molecular formula is C16H24O4. The molecule has 0 saturated carbocycles. The quantitative estimate of drug-likeness (QED) is 0.760. The van der Waals surface area contributed by atoms with Crippen molar-refractivity contribution in [3.63, 3.8) is 0 Å². The van der Waals surface area contributed by atoms with Gasteiger partial charge in [0, 0.05) is 18.4 Å². The second kappa shape index (κ2) is 7.02. The van der Waals surface area contributed by atoms with Gasteiger partial charge < -0.3 is 9.84 Å². The van der Waals surface area contributed by atoms with E-state index in [1.54, 1.807) is 0 Å². The Morgan fingerprint density at radius 1 is 1.25 bits per heavy atom. The molecule has 4 nitrogen and oxygen atoms in total. The second-order valence-corrected chi connectivity index (χ2v) is 5.74. The van der Waals surface area contributed by atoms with Crippen LogP contribution in [0.1, 0.15) is 64.7 Å². The number of aliphatic hydroxyl groups excluding tert-OH is 1. The average Bonchev–Trinajstić information content (AvgIpc) is 2.47. The Hall–Kier alpha value is -1.16. The molecule has 0 saturated heterocycles. The molecule has 2 rings (SSSR count). The number of unbranched alkanes of at least 4 members (excludes halogenated alkanes) is 3. The highest BCUT2D eigenvalue weighted by molar-refractivity contribution is 6.00. The molecule has 0 unspecified atom stereocenters. The second-order valence-electron chi connectivity index (χ2n) is 5.74. The van der Waals surface area contributed by atoms with E-state index in [-0.39, 0.29) is 17.7 Å². The van der Waals surface area contributed by atoms with E-state index in [9.17, 15) is 14.7 Å². The predicted octanol–water partition coefficient (Wildman–Crippen LogP) is 2.68. The minimum atomic E-state index is -0.876. The van der Waals surface area contributed by atoms with E-state index in [2.05, 4.69) is 6.92 Å². The topological polar surface area (TPSA) is 63.6 Å². The van der Waals surface area contributed by atoms with Crippen molar-refractivity contribution in [2.75, 3.05) is 0 Å². The first-order valence-corrected chi connectivity index (χ1v) is 7.77. The molecule has 0 aromatic heterocycles. The first kappa shape index (κ1) is 15.2. The smallest absolute Gasteiger partial charge is 0.190 e. The maximum Gasteiger partial charge on any atom is 0.190 e. The van der Waals surface area contributed by atoms with Crippen LogP contribution < -0.4 is 0 Å². The summed E-state index contributed by atoms with van der Waals surface area (Å²) in [6, 6.07) is 0. The minimum Gasteiger partial charge on any atom is -0.487 e. The predicted molar refractivity (Wildman–Crippen MR) is 75.1 cm³/mol. The van der Waals surface area contributed by atoms with E-state index < -0.39 is 6.10 Å². The number of rotatable bonds is 6. The van der Waals surface area contributed by atoms with Crippen LogP contribution in [0.25, 0.3) is 0 Å². The summed E-state index contributed by atoms with van der Waals surface area (Å²) in [7, 11) is 0. The molecule has 1 aliphatic carbocycles. The van der Waals surface area contributed by atoms with Gasteiger partial charge >= 0.3 is 0 Å². The monoisotopic (exact) mass is 280 g/mol.